The Morgan fingerprint density at radius 2 is 2.00 bits per heavy atom. The lowest BCUT2D eigenvalue weighted by Gasteiger charge is -2.17. The Hall–Kier alpha value is -3.19. The molecule has 1 heterocycles. The summed E-state index contributed by atoms with van der Waals surface area (Å²) in [5, 5.41) is 0.432. The zero-order chi connectivity index (χ0) is 20.1. The van der Waals surface area contributed by atoms with Gasteiger partial charge in [0.1, 0.15) is 18.2 Å². The second-order valence-electron chi connectivity index (χ2n) is 6.59. The summed E-state index contributed by atoms with van der Waals surface area (Å²) in [5.41, 5.74) is 1.68. The van der Waals surface area contributed by atoms with Crippen LogP contribution in [0.25, 0.3) is 10.9 Å². The Bertz CT molecular complexity index is 1050. The Balaban J connectivity index is 1.68. The average molecular weight is 381 g/mol. The number of para-hydroxylation sites is 1. The van der Waals surface area contributed by atoms with Crippen LogP contribution in [0.15, 0.2) is 47.3 Å². The number of ether oxygens (including phenoxy) is 2. The summed E-state index contributed by atoms with van der Waals surface area (Å²) >= 11 is 0. The fourth-order valence-corrected chi connectivity index (χ4v) is 2.87. The molecule has 0 aliphatic heterocycles. The Morgan fingerprint density at radius 3 is 2.75 bits per heavy atom. The van der Waals surface area contributed by atoms with E-state index in [-0.39, 0.29) is 5.56 Å². The molecule has 3 aromatic rings. The van der Waals surface area contributed by atoms with Gasteiger partial charge in [-0.1, -0.05) is 18.2 Å². The van der Waals surface area contributed by atoms with E-state index in [0.717, 1.165) is 11.3 Å². The van der Waals surface area contributed by atoms with Crippen molar-refractivity contribution in [3.8, 4) is 5.75 Å². The molecule has 0 radical (unpaired) electrons. The second kappa shape index (κ2) is 8.67. The van der Waals surface area contributed by atoms with Crippen LogP contribution in [0, 0.1) is 6.92 Å². The van der Waals surface area contributed by atoms with E-state index in [1.807, 2.05) is 43.1 Å². The number of rotatable bonds is 7. The molecule has 3 rings (SSSR count). The van der Waals surface area contributed by atoms with Gasteiger partial charge in [-0.3, -0.25) is 9.69 Å². The van der Waals surface area contributed by atoms with E-state index in [9.17, 15) is 9.59 Å². The minimum atomic E-state index is -0.462. The number of hydrogen-bond acceptors (Lipinski definition) is 6. The van der Waals surface area contributed by atoms with Crippen LogP contribution in [0.5, 0.6) is 5.75 Å². The molecule has 28 heavy (non-hydrogen) atoms. The zero-order valence-electron chi connectivity index (χ0n) is 16.2. The summed E-state index contributed by atoms with van der Waals surface area (Å²) in [6.45, 7) is 3.64. The van der Waals surface area contributed by atoms with Crippen LogP contribution in [-0.2, 0) is 11.3 Å². The van der Waals surface area contributed by atoms with Gasteiger partial charge >= 0.3 is 5.97 Å². The number of H-pyrrole nitrogens is 1. The second-order valence-corrected chi connectivity index (χ2v) is 6.59. The summed E-state index contributed by atoms with van der Waals surface area (Å²) in [6.07, 6.45) is 0. The minimum Gasteiger partial charge on any atom is -0.492 e. The molecule has 0 saturated heterocycles. The highest BCUT2D eigenvalue weighted by Gasteiger charge is 2.11. The number of fused-ring (bicyclic) bond motifs is 1. The van der Waals surface area contributed by atoms with E-state index < -0.39 is 5.97 Å². The van der Waals surface area contributed by atoms with Gasteiger partial charge in [0, 0.05) is 6.54 Å². The maximum absolute atomic E-state index is 12.3. The van der Waals surface area contributed by atoms with Gasteiger partial charge in [-0.2, -0.15) is 0 Å². The molecular formula is C21H23N3O4. The van der Waals surface area contributed by atoms with Crippen molar-refractivity contribution in [2.24, 2.45) is 0 Å². The van der Waals surface area contributed by atoms with Crippen molar-refractivity contribution in [1.29, 1.82) is 0 Å². The molecule has 0 bridgehead atoms. The normalized spacial score (nSPS) is 11.0. The number of methoxy groups -OCH3 is 1. The molecule has 7 heteroatoms. The summed E-state index contributed by atoms with van der Waals surface area (Å²) in [7, 11) is 3.24. The van der Waals surface area contributed by atoms with Crippen molar-refractivity contribution in [3.63, 3.8) is 0 Å². The van der Waals surface area contributed by atoms with Crippen LogP contribution in [0.1, 0.15) is 21.7 Å². The van der Waals surface area contributed by atoms with E-state index in [2.05, 4.69) is 9.97 Å². The number of nitrogens with zero attached hydrogens (tertiary/aromatic N) is 2. The molecular weight excluding hydrogens is 358 g/mol. The summed E-state index contributed by atoms with van der Waals surface area (Å²) in [4.78, 5) is 33.3. The van der Waals surface area contributed by atoms with Crippen LogP contribution in [0.3, 0.4) is 0 Å². The monoisotopic (exact) mass is 381 g/mol. The van der Waals surface area contributed by atoms with E-state index in [1.54, 1.807) is 18.2 Å². The van der Waals surface area contributed by atoms with Crippen molar-refractivity contribution < 1.29 is 14.3 Å². The Labute approximate surface area is 162 Å². The van der Waals surface area contributed by atoms with Crippen LogP contribution in [0.4, 0.5) is 0 Å². The van der Waals surface area contributed by atoms with Crippen molar-refractivity contribution in [1.82, 2.24) is 14.9 Å². The SMILES string of the molecule is COC(=O)c1ccc2c(=O)[nH]c(CN(C)CCOc3ccccc3C)nc2c1. The quantitative estimate of drug-likeness (QED) is 0.633. The number of hydrogen-bond donors (Lipinski definition) is 1. The Kier molecular flexibility index (Phi) is 6.06. The first-order valence-electron chi connectivity index (χ1n) is 8.96. The van der Waals surface area contributed by atoms with Crippen LogP contribution in [0.2, 0.25) is 0 Å². The third-order valence-electron chi connectivity index (χ3n) is 4.42. The van der Waals surface area contributed by atoms with Gasteiger partial charge < -0.3 is 14.5 Å². The van der Waals surface area contributed by atoms with E-state index in [1.165, 1.54) is 7.11 Å². The lowest BCUT2D eigenvalue weighted by Crippen LogP contribution is -2.26. The number of likely N-dealkylation sites (N-methyl/N-ethyl adjacent to an activating group) is 1. The highest BCUT2D eigenvalue weighted by atomic mass is 16.5. The summed E-state index contributed by atoms with van der Waals surface area (Å²) < 4.78 is 10.5. The first kappa shape index (κ1) is 19.6. The minimum absolute atomic E-state index is 0.235. The number of carbonyl (C=O) groups excluding carboxylic acids is 1. The van der Waals surface area contributed by atoms with E-state index in [0.29, 0.717) is 42.0 Å². The molecule has 0 amide bonds. The van der Waals surface area contributed by atoms with Gasteiger partial charge in [-0.05, 0) is 43.8 Å². The van der Waals surface area contributed by atoms with Crippen molar-refractivity contribution in [2.45, 2.75) is 13.5 Å². The maximum Gasteiger partial charge on any atom is 0.337 e. The third kappa shape index (κ3) is 4.55. The molecule has 0 aliphatic carbocycles. The lowest BCUT2D eigenvalue weighted by molar-refractivity contribution is 0.0601. The predicted molar refractivity (Wildman–Crippen MR) is 107 cm³/mol. The van der Waals surface area contributed by atoms with Gasteiger partial charge in [0.05, 0.1) is 30.1 Å². The number of aryl methyl sites for hydroxylation is 1. The first-order chi connectivity index (χ1) is 13.5. The van der Waals surface area contributed by atoms with E-state index >= 15 is 0 Å². The first-order valence-corrected chi connectivity index (χ1v) is 8.96. The van der Waals surface area contributed by atoms with Crippen LogP contribution < -0.4 is 10.3 Å². The molecule has 0 fully saturated rings. The average Bonchev–Trinajstić information content (AvgIpc) is 2.68. The molecule has 0 unspecified atom stereocenters. The van der Waals surface area contributed by atoms with E-state index in [4.69, 9.17) is 9.47 Å². The summed E-state index contributed by atoms with van der Waals surface area (Å²) in [6, 6.07) is 12.6. The molecule has 0 atom stereocenters. The van der Waals surface area contributed by atoms with Crippen molar-refractivity contribution in [3.05, 3.63) is 69.8 Å². The molecule has 0 saturated carbocycles. The van der Waals surface area contributed by atoms with Gasteiger partial charge in [-0.25, -0.2) is 9.78 Å². The molecule has 7 nitrogen and oxygen atoms in total. The number of esters is 1. The topological polar surface area (TPSA) is 84.5 Å². The highest BCUT2D eigenvalue weighted by Crippen LogP contribution is 2.16. The maximum atomic E-state index is 12.3. The molecule has 2 aromatic carbocycles. The van der Waals surface area contributed by atoms with Crippen LogP contribution in [-0.4, -0.2) is 48.1 Å². The Morgan fingerprint density at radius 1 is 1.21 bits per heavy atom. The van der Waals surface area contributed by atoms with Gasteiger partial charge in [0.15, 0.2) is 0 Å². The number of aromatic amines is 1. The number of carbonyl (C=O) groups is 1. The number of aromatic nitrogens is 2. The molecule has 146 valence electrons. The summed E-state index contributed by atoms with van der Waals surface area (Å²) in [5.74, 6) is 0.928. The fraction of sp³-hybridized carbons (Fsp3) is 0.286. The number of nitrogens with one attached hydrogen (secondary N) is 1. The van der Waals surface area contributed by atoms with Crippen LogP contribution >= 0.6 is 0 Å². The molecule has 0 aliphatic rings. The molecule has 1 aromatic heterocycles. The fourth-order valence-electron chi connectivity index (χ4n) is 2.87. The highest BCUT2D eigenvalue weighted by molar-refractivity contribution is 5.93. The van der Waals surface area contributed by atoms with Gasteiger partial charge in [0.2, 0.25) is 0 Å². The van der Waals surface area contributed by atoms with Crippen molar-refractivity contribution in [2.75, 3.05) is 27.3 Å². The van der Waals surface area contributed by atoms with Crippen molar-refractivity contribution >= 4 is 16.9 Å². The van der Waals surface area contributed by atoms with Gasteiger partial charge in [0.25, 0.3) is 5.56 Å². The standard InChI is InChI=1S/C21H23N3O4/c1-14-6-4-5-7-18(14)28-11-10-24(2)13-19-22-17-12-15(21(26)27-3)8-9-16(17)20(25)23-19/h4-9,12H,10-11,13H2,1-3H3,(H,22,23,25). The predicted octanol–water partition coefficient (Wildman–Crippen LogP) is 2.53. The molecule has 1 N–H and O–H groups in total. The number of benzene rings is 2. The smallest absolute Gasteiger partial charge is 0.337 e. The third-order valence-corrected chi connectivity index (χ3v) is 4.42. The lowest BCUT2D eigenvalue weighted by atomic mass is 10.1. The zero-order valence-corrected chi connectivity index (χ0v) is 16.2. The molecule has 0 spiro atoms. The van der Waals surface area contributed by atoms with Gasteiger partial charge in [-0.15, -0.1) is 0 Å². The largest absolute Gasteiger partial charge is 0.492 e.